The zero-order valence-electron chi connectivity index (χ0n) is 15.3. The molecule has 9 nitrogen and oxygen atoms in total. The van der Waals surface area contributed by atoms with Crippen LogP contribution in [0.25, 0.3) is 22.6 Å². The third-order valence-corrected chi connectivity index (χ3v) is 4.21. The molecule has 0 aliphatic carbocycles. The highest BCUT2D eigenvalue weighted by Gasteiger charge is 2.21. The Labute approximate surface area is 158 Å². The van der Waals surface area contributed by atoms with Gasteiger partial charge >= 0.3 is 0 Å². The van der Waals surface area contributed by atoms with Crippen molar-refractivity contribution in [3.8, 4) is 11.5 Å². The Morgan fingerprint density at radius 1 is 1.04 bits per heavy atom. The van der Waals surface area contributed by atoms with Gasteiger partial charge in [0.2, 0.25) is 0 Å². The first-order valence-corrected chi connectivity index (χ1v) is 8.42. The lowest BCUT2D eigenvalue weighted by molar-refractivity contribution is 0.0846. The number of fused-ring (bicyclic) bond motifs is 1. The van der Waals surface area contributed by atoms with Crippen molar-refractivity contribution in [3.05, 3.63) is 58.9 Å². The number of carbonyl (C=O) groups is 2. The molecule has 0 aromatic carbocycles. The summed E-state index contributed by atoms with van der Waals surface area (Å²) in [6.07, 6.45) is 1.50. The fraction of sp³-hybridized carbons (Fsp3) is 0.158. The maximum Gasteiger partial charge on any atom is 0.273 e. The molecule has 142 valence electrons. The summed E-state index contributed by atoms with van der Waals surface area (Å²) in [5.74, 6) is 0.510. The number of carbonyl (C=O) groups excluding carboxylic acids is 2. The molecule has 9 heteroatoms. The van der Waals surface area contributed by atoms with Crippen LogP contribution in [-0.2, 0) is 0 Å². The number of furan rings is 2. The number of nitrogens with zero attached hydrogens (tertiary/aromatic N) is 2. The summed E-state index contributed by atoms with van der Waals surface area (Å²) in [5.41, 5.74) is 6.50. The molecule has 0 aliphatic rings. The van der Waals surface area contributed by atoms with Crippen LogP contribution in [0.5, 0.6) is 0 Å². The number of aromatic nitrogens is 2. The molecule has 0 radical (unpaired) electrons. The third-order valence-electron chi connectivity index (χ3n) is 4.21. The number of amides is 2. The summed E-state index contributed by atoms with van der Waals surface area (Å²) in [6, 6.07) is 6.58. The van der Waals surface area contributed by atoms with Crippen LogP contribution in [0.15, 0.2) is 43.9 Å². The first kappa shape index (κ1) is 17.5. The van der Waals surface area contributed by atoms with Gasteiger partial charge in [-0.1, -0.05) is 5.16 Å². The van der Waals surface area contributed by atoms with Crippen LogP contribution in [0.3, 0.4) is 0 Å². The quantitative estimate of drug-likeness (QED) is 0.523. The number of pyridine rings is 1. The lowest BCUT2D eigenvalue weighted by Gasteiger charge is -2.08. The van der Waals surface area contributed by atoms with E-state index in [0.29, 0.717) is 39.6 Å². The minimum atomic E-state index is -0.544. The van der Waals surface area contributed by atoms with Crippen LogP contribution < -0.4 is 10.9 Å². The van der Waals surface area contributed by atoms with Crippen LogP contribution in [-0.4, -0.2) is 22.0 Å². The topological polar surface area (TPSA) is 123 Å². The molecule has 0 fully saturated rings. The second kappa shape index (κ2) is 6.69. The monoisotopic (exact) mass is 380 g/mol. The highest BCUT2D eigenvalue weighted by molar-refractivity contribution is 6.08. The summed E-state index contributed by atoms with van der Waals surface area (Å²) >= 11 is 0. The number of hydrogen-bond donors (Lipinski definition) is 2. The van der Waals surface area contributed by atoms with Crippen molar-refractivity contribution in [2.45, 2.75) is 20.8 Å². The Hall–Kier alpha value is -3.88. The van der Waals surface area contributed by atoms with Gasteiger partial charge in [0.05, 0.1) is 28.5 Å². The zero-order valence-corrected chi connectivity index (χ0v) is 15.3. The Kier molecular flexibility index (Phi) is 4.19. The molecular formula is C19H16N4O5. The van der Waals surface area contributed by atoms with Gasteiger partial charge in [-0.3, -0.25) is 20.4 Å². The van der Waals surface area contributed by atoms with Crippen molar-refractivity contribution in [1.82, 2.24) is 21.0 Å². The van der Waals surface area contributed by atoms with E-state index >= 15 is 0 Å². The van der Waals surface area contributed by atoms with Crippen molar-refractivity contribution < 1.29 is 22.9 Å². The van der Waals surface area contributed by atoms with Crippen LogP contribution in [0, 0.1) is 20.8 Å². The van der Waals surface area contributed by atoms with Crippen LogP contribution in [0.4, 0.5) is 0 Å². The molecule has 28 heavy (non-hydrogen) atoms. The summed E-state index contributed by atoms with van der Waals surface area (Å²) in [5, 5.41) is 4.33. The molecule has 0 saturated carbocycles. The van der Waals surface area contributed by atoms with Gasteiger partial charge in [-0.25, -0.2) is 4.98 Å². The maximum absolute atomic E-state index is 12.8. The molecule has 0 bridgehead atoms. The van der Waals surface area contributed by atoms with E-state index in [1.165, 1.54) is 6.26 Å². The first-order chi connectivity index (χ1) is 13.4. The van der Waals surface area contributed by atoms with Gasteiger partial charge in [0.1, 0.15) is 17.2 Å². The highest BCUT2D eigenvalue weighted by Crippen LogP contribution is 2.27. The molecule has 0 spiro atoms. The van der Waals surface area contributed by atoms with E-state index in [2.05, 4.69) is 21.0 Å². The predicted molar refractivity (Wildman–Crippen MR) is 97.4 cm³/mol. The number of rotatable bonds is 3. The smallest absolute Gasteiger partial charge is 0.273 e. The lowest BCUT2D eigenvalue weighted by atomic mass is 10.1. The molecule has 2 N–H and O–H groups in total. The molecule has 4 rings (SSSR count). The lowest BCUT2D eigenvalue weighted by Crippen LogP contribution is -2.41. The number of hydrogen-bond acceptors (Lipinski definition) is 7. The Morgan fingerprint density at radius 3 is 2.43 bits per heavy atom. The predicted octanol–water partition coefficient (Wildman–Crippen LogP) is 3.08. The van der Waals surface area contributed by atoms with Gasteiger partial charge in [0.15, 0.2) is 5.76 Å². The van der Waals surface area contributed by atoms with Gasteiger partial charge in [-0.05, 0) is 45.0 Å². The molecule has 0 atom stereocenters. The molecule has 4 heterocycles. The summed E-state index contributed by atoms with van der Waals surface area (Å²) in [7, 11) is 0. The van der Waals surface area contributed by atoms with E-state index in [0.717, 1.165) is 0 Å². The maximum atomic E-state index is 12.8. The number of nitrogens with one attached hydrogen (secondary N) is 2. The average Bonchev–Trinajstić information content (AvgIpc) is 3.40. The Bertz CT molecular complexity index is 1190. The van der Waals surface area contributed by atoms with E-state index < -0.39 is 11.8 Å². The van der Waals surface area contributed by atoms with E-state index in [-0.39, 0.29) is 11.3 Å². The normalized spacial score (nSPS) is 11.0. The SMILES string of the molecule is Cc1cc(C(=O)NNC(=O)c2cc(-c3ccco3)nc3onc(C)c23)c(C)o1. The molecule has 0 saturated heterocycles. The standard InChI is InChI=1S/C19H16N4O5/c1-9-7-12(11(3)27-9)17(24)21-22-18(25)13-8-14(15-5-4-6-26-15)20-19-16(13)10(2)23-28-19/h4-8H,1-3H3,(H,21,24)(H,22,25). The van der Waals surface area contributed by atoms with Crippen molar-refractivity contribution in [3.63, 3.8) is 0 Å². The molecule has 2 amide bonds. The summed E-state index contributed by atoms with van der Waals surface area (Å²) < 4.78 is 15.9. The van der Waals surface area contributed by atoms with Crippen LogP contribution in [0.2, 0.25) is 0 Å². The zero-order chi connectivity index (χ0) is 19.8. The van der Waals surface area contributed by atoms with Crippen LogP contribution in [0.1, 0.15) is 37.9 Å². The molecular weight excluding hydrogens is 364 g/mol. The molecule has 4 aromatic heterocycles. The Morgan fingerprint density at radius 2 is 1.79 bits per heavy atom. The third kappa shape index (κ3) is 3.02. The molecule has 0 aliphatic heterocycles. The van der Waals surface area contributed by atoms with E-state index in [1.54, 1.807) is 45.0 Å². The van der Waals surface area contributed by atoms with Gasteiger partial charge in [-0.15, -0.1) is 0 Å². The second-order valence-electron chi connectivity index (χ2n) is 6.22. The van der Waals surface area contributed by atoms with Crippen molar-refractivity contribution in [2.24, 2.45) is 0 Å². The molecule has 0 unspecified atom stereocenters. The van der Waals surface area contributed by atoms with Gasteiger partial charge in [0.25, 0.3) is 17.5 Å². The number of aryl methyl sites for hydroxylation is 3. The second-order valence-corrected chi connectivity index (χ2v) is 6.22. The minimum Gasteiger partial charge on any atom is -0.466 e. The van der Waals surface area contributed by atoms with E-state index in [9.17, 15) is 9.59 Å². The largest absolute Gasteiger partial charge is 0.466 e. The van der Waals surface area contributed by atoms with Crippen molar-refractivity contribution in [2.75, 3.05) is 0 Å². The number of hydrazine groups is 1. The van der Waals surface area contributed by atoms with E-state index in [4.69, 9.17) is 13.4 Å². The van der Waals surface area contributed by atoms with Crippen molar-refractivity contribution in [1.29, 1.82) is 0 Å². The first-order valence-electron chi connectivity index (χ1n) is 8.42. The fourth-order valence-corrected chi connectivity index (χ4v) is 2.93. The molecule has 4 aromatic rings. The minimum absolute atomic E-state index is 0.198. The van der Waals surface area contributed by atoms with Gasteiger partial charge in [-0.2, -0.15) is 0 Å². The van der Waals surface area contributed by atoms with Crippen molar-refractivity contribution >= 4 is 22.9 Å². The highest BCUT2D eigenvalue weighted by atomic mass is 16.5. The Balaban J connectivity index is 1.64. The van der Waals surface area contributed by atoms with Gasteiger partial charge < -0.3 is 13.4 Å². The fourth-order valence-electron chi connectivity index (χ4n) is 2.93. The average molecular weight is 380 g/mol. The summed E-state index contributed by atoms with van der Waals surface area (Å²) in [4.78, 5) is 29.4. The summed E-state index contributed by atoms with van der Waals surface area (Å²) in [6.45, 7) is 5.11. The van der Waals surface area contributed by atoms with E-state index in [1.807, 2.05) is 0 Å². The van der Waals surface area contributed by atoms with Gasteiger partial charge in [0, 0.05) is 0 Å². The van der Waals surface area contributed by atoms with Crippen LogP contribution >= 0.6 is 0 Å².